The van der Waals surface area contributed by atoms with Gasteiger partial charge in [-0.15, -0.1) is 0 Å². The summed E-state index contributed by atoms with van der Waals surface area (Å²) in [7, 11) is 1.37. The van der Waals surface area contributed by atoms with Crippen molar-refractivity contribution in [3.05, 3.63) is 77.9 Å². The number of hydrogen-bond donors (Lipinski definition) is 1. The number of rotatable bonds is 6. The summed E-state index contributed by atoms with van der Waals surface area (Å²) < 4.78 is 29.4. The third kappa shape index (κ3) is 3.32. The van der Waals surface area contributed by atoms with Gasteiger partial charge in [-0.1, -0.05) is 0 Å². The van der Waals surface area contributed by atoms with E-state index in [0.717, 1.165) is 6.07 Å². The number of hydrogen-bond acceptors (Lipinski definition) is 4. The Morgan fingerprint density at radius 3 is 2.33 bits per heavy atom. The first-order valence-corrected chi connectivity index (χ1v) is 7.37. The minimum atomic E-state index is -0.584. The molecule has 24 heavy (non-hydrogen) atoms. The number of ether oxygens (including phenoxy) is 1. The lowest BCUT2D eigenvalue weighted by Gasteiger charge is -2.13. The Morgan fingerprint density at radius 2 is 1.83 bits per heavy atom. The largest absolute Gasteiger partial charge is 0.494 e. The first-order valence-electron chi connectivity index (χ1n) is 7.37. The molecular weight excluding hydrogens is 313 g/mol. The zero-order valence-corrected chi connectivity index (χ0v) is 13.0. The maximum atomic E-state index is 13.7. The average molecular weight is 329 g/mol. The average Bonchev–Trinajstić information content (AvgIpc) is 3.29. The van der Waals surface area contributed by atoms with Crippen LogP contribution in [-0.2, 0) is 0 Å². The van der Waals surface area contributed by atoms with Crippen LogP contribution in [0.15, 0.2) is 63.8 Å². The van der Waals surface area contributed by atoms with E-state index in [9.17, 15) is 9.18 Å². The van der Waals surface area contributed by atoms with Gasteiger partial charge >= 0.3 is 0 Å². The van der Waals surface area contributed by atoms with Crippen LogP contribution in [0, 0.1) is 5.82 Å². The van der Waals surface area contributed by atoms with E-state index in [-0.39, 0.29) is 29.7 Å². The molecule has 2 aromatic heterocycles. The molecule has 0 aliphatic heterocycles. The highest BCUT2D eigenvalue weighted by Crippen LogP contribution is 2.25. The van der Waals surface area contributed by atoms with Gasteiger partial charge in [-0.2, -0.15) is 0 Å². The van der Waals surface area contributed by atoms with Crippen LogP contribution in [-0.4, -0.2) is 19.6 Å². The normalized spacial score (nSPS) is 10.8. The molecule has 0 spiro atoms. The minimum Gasteiger partial charge on any atom is -0.494 e. The van der Waals surface area contributed by atoms with Gasteiger partial charge in [-0.05, 0) is 42.5 Å². The van der Waals surface area contributed by atoms with Crippen LogP contribution >= 0.6 is 0 Å². The third-order valence-corrected chi connectivity index (χ3v) is 3.65. The molecule has 1 amide bonds. The lowest BCUT2D eigenvalue weighted by Crippen LogP contribution is -2.28. The summed E-state index contributed by atoms with van der Waals surface area (Å²) in [6, 6.07) is 11.2. The fourth-order valence-electron chi connectivity index (χ4n) is 2.42. The van der Waals surface area contributed by atoms with Gasteiger partial charge in [-0.3, -0.25) is 4.79 Å². The van der Waals surface area contributed by atoms with Gasteiger partial charge in [0.1, 0.15) is 11.5 Å². The van der Waals surface area contributed by atoms with Gasteiger partial charge < -0.3 is 18.9 Å². The second-order valence-electron chi connectivity index (χ2n) is 5.14. The number of carbonyl (C=O) groups is 1. The molecular formula is C18H16FNO4. The number of amides is 1. The summed E-state index contributed by atoms with van der Waals surface area (Å²) in [5, 5.41) is 2.77. The van der Waals surface area contributed by atoms with Gasteiger partial charge in [0.25, 0.3) is 5.91 Å². The Bertz CT molecular complexity index is 762. The molecule has 0 aliphatic rings. The fraction of sp³-hybridized carbons (Fsp3) is 0.167. The van der Waals surface area contributed by atoms with Crippen LogP contribution in [0.2, 0.25) is 0 Å². The van der Waals surface area contributed by atoms with E-state index >= 15 is 0 Å². The lowest BCUT2D eigenvalue weighted by molar-refractivity contribution is 0.0950. The first-order chi connectivity index (χ1) is 11.7. The molecule has 0 radical (unpaired) electrons. The van der Waals surface area contributed by atoms with Crippen molar-refractivity contribution in [1.29, 1.82) is 0 Å². The molecule has 0 atom stereocenters. The SMILES string of the molecule is COc1ccc(C(=O)NCC(c2ccco2)c2ccco2)cc1F. The summed E-state index contributed by atoms with van der Waals surface area (Å²) in [6.45, 7) is 0.257. The number of methoxy groups -OCH3 is 1. The van der Waals surface area contributed by atoms with E-state index in [0.29, 0.717) is 11.5 Å². The lowest BCUT2D eigenvalue weighted by atomic mass is 10.0. The Kier molecular flexibility index (Phi) is 4.65. The van der Waals surface area contributed by atoms with E-state index in [1.54, 1.807) is 24.7 Å². The molecule has 6 heteroatoms. The Balaban J connectivity index is 1.73. The van der Waals surface area contributed by atoms with Gasteiger partial charge in [0.05, 0.1) is 25.6 Å². The van der Waals surface area contributed by atoms with Crippen LogP contribution in [0.5, 0.6) is 5.75 Å². The summed E-state index contributed by atoms with van der Waals surface area (Å²) in [4.78, 5) is 12.3. The Hall–Kier alpha value is -3.02. The molecule has 124 valence electrons. The quantitative estimate of drug-likeness (QED) is 0.751. The fourth-order valence-corrected chi connectivity index (χ4v) is 2.42. The zero-order valence-electron chi connectivity index (χ0n) is 13.0. The Labute approximate surface area is 138 Å². The summed E-state index contributed by atoms with van der Waals surface area (Å²) in [5.41, 5.74) is 0.214. The molecule has 3 aromatic rings. The standard InChI is InChI=1S/C18H16FNO4/c1-22-17-7-6-12(10-14(17)19)18(21)20-11-13(15-4-2-8-23-15)16-5-3-9-24-16/h2-10,13H,11H2,1H3,(H,20,21). The topological polar surface area (TPSA) is 64.6 Å². The molecule has 0 bridgehead atoms. The summed E-state index contributed by atoms with van der Waals surface area (Å²) in [5.74, 6) is 0.202. The number of furan rings is 2. The van der Waals surface area contributed by atoms with Gasteiger partial charge in [-0.25, -0.2) is 4.39 Å². The molecule has 0 saturated heterocycles. The van der Waals surface area contributed by atoms with Crippen molar-refractivity contribution < 1.29 is 22.8 Å². The van der Waals surface area contributed by atoms with Crippen molar-refractivity contribution in [3.8, 4) is 5.75 Å². The Morgan fingerprint density at radius 1 is 1.17 bits per heavy atom. The zero-order chi connectivity index (χ0) is 16.9. The highest BCUT2D eigenvalue weighted by molar-refractivity contribution is 5.94. The van der Waals surface area contributed by atoms with Gasteiger partial charge in [0.15, 0.2) is 11.6 Å². The monoisotopic (exact) mass is 329 g/mol. The highest BCUT2D eigenvalue weighted by atomic mass is 19.1. The molecule has 1 N–H and O–H groups in total. The van der Waals surface area contributed by atoms with E-state index in [1.807, 2.05) is 12.1 Å². The number of halogens is 1. The van der Waals surface area contributed by atoms with Gasteiger partial charge in [0.2, 0.25) is 0 Å². The molecule has 0 fully saturated rings. The van der Waals surface area contributed by atoms with Crippen LogP contribution in [0.4, 0.5) is 4.39 Å². The van der Waals surface area contributed by atoms with E-state index < -0.39 is 5.82 Å². The van der Waals surface area contributed by atoms with Crippen LogP contribution < -0.4 is 10.1 Å². The second-order valence-corrected chi connectivity index (χ2v) is 5.14. The van der Waals surface area contributed by atoms with Crippen molar-refractivity contribution >= 4 is 5.91 Å². The first kappa shape index (κ1) is 15.9. The van der Waals surface area contributed by atoms with Crippen molar-refractivity contribution in [3.63, 3.8) is 0 Å². The van der Waals surface area contributed by atoms with Crippen LogP contribution in [0.3, 0.4) is 0 Å². The highest BCUT2D eigenvalue weighted by Gasteiger charge is 2.21. The second kappa shape index (κ2) is 7.04. The van der Waals surface area contributed by atoms with E-state index in [4.69, 9.17) is 13.6 Å². The maximum Gasteiger partial charge on any atom is 0.251 e. The molecule has 0 saturated carbocycles. The molecule has 2 heterocycles. The smallest absolute Gasteiger partial charge is 0.251 e. The molecule has 3 rings (SSSR count). The van der Waals surface area contributed by atoms with Crippen molar-refractivity contribution in [2.75, 3.05) is 13.7 Å². The number of nitrogens with one attached hydrogen (secondary N) is 1. The molecule has 5 nitrogen and oxygen atoms in total. The predicted octanol–water partition coefficient (Wildman–Crippen LogP) is 3.58. The maximum absolute atomic E-state index is 13.7. The van der Waals surface area contributed by atoms with Gasteiger partial charge in [0, 0.05) is 12.1 Å². The van der Waals surface area contributed by atoms with E-state index in [2.05, 4.69) is 5.32 Å². The third-order valence-electron chi connectivity index (χ3n) is 3.65. The van der Waals surface area contributed by atoms with Crippen molar-refractivity contribution in [1.82, 2.24) is 5.32 Å². The van der Waals surface area contributed by atoms with Crippen molar-refractivity contribution in [2.45, 2.75) is 5.92 Å². The number of carbonyl (C=O) groups excluding carboxylic acids is 1. The molecule has 1 aromatic carbocycles. The summed E-state index contributed by atoms with van der Waals surface area (Å²) >= 11 is 0. The van der Waals surface area contributed by atoms with E-state index in [1.165, 1.54) is 19.2 Å². The van der Waals surface area contributed by atoms with Crippen LogP contribution in [0.1, 0.15) is 27.8 Å². The van der Waals surface area contributed by atoms with Crippen molar-refractivity contribution in [2.24, 2.45) is 0 Å². The van der Waals surface area contributed by atoms with Crippen LogP contribution in [0.25, 0.3) is 0 Å². The predicted molar refractivity (Wildman–Crippen MR) is 84.5 cm³/mol. The summed E-state index contributed by atoms with van der Waals surface area (Å²) in [6.07, 6.45) is 3.12. The minimum absolute atomic E-state index is 0.0931. The molecule has 0 aliphatic carbocycles. The molecule has 0 unspecified atom stereocenters. The number of benzene rings is 1.